The SMILES string of the molecule is CCOc1cccc(/C=C2\SC(=Nc3ccccc3)N(CCCOC)C2=O)c1O. The summed E-state index contributed by atoms with van der Waals surface area (Å²) >= 11 is 1.30. The number of aromatic hydroxyl groups is 1. The summed E-state index contributed by atoms with van der Waals surface area (Å²) in [6.07, 6.45) is 2.39. The van der Waals surface area contributed by atoms with Crippen molar-refractivity contribution in [3.63, 3.8) is 0 Å². The molecular weight excluding hydrogens is 388 g/mol. The van der Waals surface area contributed by atoms with Crippen LogP contribution in [0.25, 0.3) is 6.08 Å². The molecule has 1 aliphatic rings. The number of benzene rings is 2. The molecular formula is C22H24N2O4S. The van der Waals surface area contributed by atoms with Crippen LogP contribution in [-0.2, 0) is 9.53 Å². The van der Waals surface area contributed by atoms with Gasteiger partial charge < -0.3 is 14.6 Å². The highest BCUT2D eigenvalue weighted by atomic mass is 32.2. The number of amidine groups is 1. The molecule has 29 heavy (non-hydrogen) atoms. The zero-order valence-electron chi connectivity index (χ0n) is 16.5. The van der Waals surface area contributed by atoms with E-state index in [0.717, 1.165) is 5.69 Å². The van der Waals surface area contributed by atoms with Gasteiger partial charge in [-0.3, -0.25) is 9.69 Å². The molecule has 2 aromatic rings. The molecule has 0 atom stereocenters. The van der Waals surface area contributed by atoms with Crippen LogP contribution in [0.3, 0.4) is 0 Å². The quantitative estimate of drug-likeness (QED) is 0.513. The molecule has 0 aromatic heterocycles. The Bertz CT molecular complexity index is 912. The maximum atomic E-state index is 13.0. The summed E-state index contributed by atoms with van der Waals surface area (Å²) < 4.78 is 10.6. The molecule has 1 amide bonds. The van der Waals surface area contributed by atoms with Crippen molar-refractivity contribution in [3.05, 3.63) is 59.0 Å². The number of hydrogen-bond donors (Lipinski definition) is 1. The lowest BCUT2D eigenvalue weighted by Crippen LogP contribution is -2.30. The zero-order valence-corrected chi connectivity index (χ0v) is 17.3. The Hall–Kier alpha value is -2.77. The van der Waals surface area contributed by atoms with Gasteiger partial charge in [-0.1, -0.05) is 30.3 Å². The summed E-state index contributed by atoms with van der Waals surface area (Å²) in [6, 6.07) is 14.8. The van der Waals surface area contributed by atoms with E-state index >= 15 is 0 Å². The second kappa shape index (κ2) is 10.1. The standard InChI is InChI=1S/C22H24N2O4S/c1-3-28-18-12-7-9-16(20(18)25)15-19-21(26)24(13-8-14-27-2)22(29-19)23-17-10-5-4-6-11-17/h4-7,9-12,15,25H,3,8,13-14H2,1-2H3/b19-15-,23-22?. The van der Waals surface area contributed by atoms with E-state index in [2.05, 4.69) is 4.99 Å². The molecule has 0 bridgehead atoms. The summed E-state index contributed by atoms with van der Waals surface area (Å²) in [6.45, 7) is 3.37. The van der Waals surface area contributed by atoms with Crippen LogP contribution >= 0.6 is 11.8 Å². The number of aliphatic imine (C=N–C) groups is 1. The summed E-state index contributed by atoms with van der Waals surface area (Å²) in [5.41, 5.74) is 1.31. The number of hydrogen-bond acceptors (Lipinski definition) is 6. The maximum Gasteiger partial charge on any atom is 0.266 e. The van der Waals surface area contributed by atoms with E-state index in [1.807, 2.05) is 37.3 Å². The first kappa shape index (κ1) is 21.0. The largest absolute Gasteiger partial charge is 0.504 e. The number of carbonyl (C=O) groups is 1. The van der Waals surface area contributed by atoms with Crippen LogP contribution in [0.5, 0.6) is 11.5 Å². The lowest BCUT2D eigenvalue weighted by molar-refractivity contribution is -0.122. The molecule has 152 valence electrons. The lowest BCUT2D eigenvalue weighted by atomic mass is 10.1. The van der Waals surface area contributed by atoms with Gasteiger partial charge >= 0.3 is 0 Å². The van der Waals surface area contributed by atoms with E-state index in [0.29, 0.717) is 47.6 Å². The van der Waals surface area contributed by atoms with Crippen molar-refractivity contribution in [1.29, 1.82) is 0 Å². The fraction of sp³-hybridized carbons (Fsp3) is 0.273. The molecule has 7 heteroatoms. The second-order valence-corrected chi connectivity index (χ2v) is 7.28. The summed E-state index contributed by atoms with van der Waals surface area (Å²) in [5, 5.41) is 11.1. The number of ether oxygens (including phenoxy) is 2. The Morgan fingerprint density at radius 3 is 2.69 bits per heavy atom. The van der Waals surface area contributed by atoms with Gasteiger partial charge in [0.05, 0.1) is 17.2 Å². The molecule has 1 heterocycles. The van der Waals surface area contributed by atoms with Gasteiger partial charge in [-0.15, -0.1) is 0 Å². The first-order valence-corrected chi connectivity index (χ1v) is 10.2. The molecule has 0 aliphatic carbocycles. The predicted molar refractivity (Wildman–Crippen MR) is 117 cm³/mol. The van der Waals surface area contributed by atoms with E-state index in [1.165, 1.54) is 11.8 Å². The van der Waals surface area contributed by atoms with E-state index in [1.54, 1.807) is 36.3 Å². The predicted octanol–water partition coefficient (Wildman–Crippen LogP) is 4.43. The second-order valence-electron chi connectivity index (χ2n) is 6.27. The molecule has 3 rings (SSSR count). The van der Waals surface area contributed by atoms with Gasteiger partial charge in [-0.05, 0) is 49.4 Å². The van der Waals surface area contributed by atoms with Gasteiger partial charge in [0, 0.05) is 25.8 Å². The van der Waals surface area contributed by atoms with Crippen LogP contribution in [0.4, 0.5) is 5.69 Å². The summed E-state index contributed by atoms with van der Waals surface area (Å²) in [7, 11) is 1.64. The normalized spacial score (nSPS) is 16.8. The third kappa shape index (κ3) is 5.19. The van der Waals surface area contributed by atoms with Crippen LogP contribution in [0, 0.1) is 0 Å². The van der Waals surface area contributed by atoms with Crippen molar-refractivity contribution in [2.75, 3.05) is 26.9 Å². The minimum atomic E-state index is -0.137. The van der Waals surface area contributed by atoms with Crippen molar-refractivity contribution in [3.8, 4) is 11.5 Å². The summed E-state index contributed by atoms with van der Waals surface area (Å²) in [4.78, 5) is 19.8. The molecule has 1 saturated heterocycles. The van der Waals surface area contributed by atoms with Crippen molar-refractivity contribution < 1.29 is 19.4 Å². The highest BCUT2D eigenvalue weighted by Gasteiger charge is 2.33. The number of nitrogens with zero attached hydrogens (tertiary/aromatic N) is 2. The van der Waals surface area contributed by atoms with Crippen LogP contribution in [-0.4, -0.2) is 47.9 Å². The highest BCUT2D eigenvalue weighted by Crippen LogP contribution is 2.37. The lowest BCUT2D eigenvalue weighted by Gasteiger charge is -2.15. The van der Waals surface area contributed by atoms with E-state index in [-0.39, 0.29) is 11.7 Å². The van der Waals surface area contributed by atoms with E-state index in [4.69, 9.17) is 9.47 Å². The zero-order chi connectivity index (χ0) is 20.6. The van der Waals surface area contributed by atoms with Gasteiger partial charge in [0.2, 0.25) is 0 Å². The third-order valence-electron chi connectivity index (χ3n) is 4.22. The fourth-order valence-electron chi connectivity index (χ4n) is 2.84. The van der Waals surface area contributed by atoms with Gasteiger partial charge in [0.25, 0.3) is 5.91 Å². The number of thioether (sulfide) groups is 1. The van der Waals surface area contributed by atoms with E-state index < -0.39 is 0 Å². The van der Waals surface area contributed by atoms with E-state index in [9.17, 15) is 9.90 Å². The Morgan fingerprint density at radius 2 is 1.97 bits per heavy atom. The van der Waals surface area contributed by atoms with Crippen LogP contribution < -0.4 is 4.74 Å². The average Bonchev–Trinajstić information content (AvgIpc) is 3.01. The molecule has 0 radical (unpaired) electrons. The van der Waals surface area contributed by atoms with Crippen molar-refractivity contribution in [1.82, 2.24) is 4.90 Å². The number of rotatable bonds is 8. The monoisotopic (exact) mass is 412 g/mol. The highest BCUT2D eigenvalue weighted by molar-refractivity contribution is 8.18. The first-order valence-electron chi connectivity index (χ1n) is 9.43. The number of methoxy groups -OCH3 is 1. The Labute approximate surface area is 174 Å². The Morgan fingerprint density at radius 1 is 1.17 bits per heavy atom. The first-order chi connectivity index (χ1) is 14.1. The van der Waals surface area contributed by atoms with Crippen molar-refractivity contribution >= 4 is 34.6 Å². The maximum absolute atomic E-state index is 13.0. The van der Waals surface area contributed by atoms with Crippen molar-refractivity contribution in [2.24, 2.45) is 4.99 Å². The molecule has 1 N–H and O–H groups in total. The number of phenolic OH excluding ortho intramolecular Hbond substituents is 1. The van der Waals surface area contributed by atoms with Gasteiger partial charge in [-0.25, -0.2) is 4.99 Å². The molecule has 1 fully saturated rings. The summed E-state index contributed by atoms with van der Waals surface area (Å²) in [5.74, 6) is 0.282. The number of phenols is 1. The molecule has 0 saturated carbocycles. The Kier molecular flexibility index (Phi) is 7.32. The van der Waals surface area contributed by atoms with Crippen molar-refractivity contribution in [2.45, 2.75) is 13.3 Å². The molecule has 0 unspecified atom stereocenters. The third-order valence-corrected chi connectivity index (χ3v) is 5.22. The smallest absolute Gasteiger partial charge is 0.266 e. The number of amides is 1. The molecule has 6 nitrogen and oxygen atoms in total. The molecule has 1 aliphatic heterocycles. The van der Waals surface area contributed by atoms with Crippen LogP contribution in [0.15, 0.2) is 58.4 Å². The van der Waals surface area contributed by atoms with Crippen LogP contribution in [0.1, 0.15) is 18.9 Å². The Balaban J connectivity index is 1.92. The van der Waals surface area contributed by atoms with Gasteiger partial charge in [0.15, 0.2) is 16.7 Å². The van der Waals surface area contributed by atoms with Crippen LogP contribution in [0.2, 0.25) is 0 Å². The molecule has 2 aromatic carbocycles. The van der Waals surface area contributed by atoms with Gasteiger partial charge in [0.1, 0.15) is 0 Å². The fourth-order valence-corrected chi connectivity index (χ4v) is 3.85. The molecule has 0 spiro atoms. The number of carbonyl (C=O) groups excluding carboxylic acids is 1. The average molecular weight is 413 g/mol. The topological polar surface area (TPSA) is 71.4 Å². The minimum absolute atomic E-state index is 0.0228. The number of para-hydroxylation sites is 2. The minimum Gasteiger partial charge on any atom is -0.504 e. The van der Waals surface area contributed by atoms with Gasteiger partial charge in [-0.2, -0.15) is 0 Å².